The number of ether oxygens (including phenoxy) is 1. The van der Waals surface area contributed by atoms with Crippen molar-refractivity contribution < 1.29 is 9.53 Å². The molecule has 1 heterocycles. The van der Waals surface area contributed by atoms with Crippen molar-refractivity contribution in [1.82, 2.24) is 10.2 Å². The zero-order valence-electron chi connectivity index (χ0n) is 14.4. The summed E-state index contributed by atoms with van der Waals surface area (Å²) in [5.74, 6) is 1.62. The molecule has 0 aromatic carbocycles. The van der Waals surface area contributed by atoms with E-state index in [1.54, 1.807) is 7.05 Å². The molecule has 22 heavy (non-hydrogen) atoms. The predicted molar refractivity (Wildman–Crippen MR) is 88.7 cm³/mol. The van der Waals surface area contributed by atoms with E-state index in [1.165, 1.54) is 12.8 Å². The molecule has 1 aliphatic carbocycles. The highest BCUT2D eigenvalue weighted by molar-refractivity contribution is 5.74. The van der Waals surface area contributed by atoms with E-state index in [0.29, 0.717) is 12.7 Å². The maximum absolute atomic E-state index is 12.0. The minimum Gasteiger partial charge on any atom is -0.376 e. The van der Waals surface area contributed by atoms with Gasteiger partial charge in [0.25, 0.3) is 0 Å². The normalized spacial score (nSPS) is 33.0. The van der Waals surface area contributed by atoms with Gasteiger partial charge < -0.3 is 20.7 Å². The molecule has 3 N–H and O–H groups in total. The van der Waals surface area contributed by atoms with Crippen LogP contribution in [-0.2, 0) is 4.74 Å². The second kappa shape index (κ2) is 8.16. The van der Waals surface area contributed by atoms with Crippen LogP contribution in [0.3, 0.4) is 0 Å². The van der Waals surface area contributed by atoms with Crippen molar-refractivity contribution in [3.05, 3.63) is 0 Å². The molecule has 5 heteroatoms. The minimum atomic E-state index is -0.0349. The summed E-state index contributed by atoms with van der Waals surface area (Å²) in [6, 6.07) is 0.00170. The van der Waals surface area contributed by atoms with Gasteiger partial charge in [0.1, 0.15) is 0 Å². The Morgan fingerprint density at radius 3 is 2.55 bits per heavy atom. The van der Waals surface area contributed by atoms with Gasteiger partial charge in [0.05, 0.1) is 18.8 Å². The van der Waals surface area contributed by atoms with Gasteiger partial charge in [-0.2, -0.15) is 0 Å². The summed E-state index contributed by atoms with van der Waals surface area (Å²) in [5, 5.41) is 2.72. The predicted octanol–water partition coefficient (Wildman–Crippen LogP) is 2.35. The third-order valence-corrected chi connectivity index (χ3v) is 5.47. The van der Waals surface area contributed by atoms with E-state index >= 15 is 0 Å². The molecule has 2 atom stereocenters. The van der Waals surface area contributed by atoms with E-state index in [9.17, 15) is 4.79 Å². The SMILES string of the molecule is CNC(=O)N1CCCC(N)C1COC1CCC(C(C)C)CC1. The first-order chi connectivity index (χ1) is 10.5. The van der Waals surface area contributed by atoms with Gasteiger partial charge in [-0.25, -0.2) is 4.79 Å². The molecule has 1 saturated heterocycles. The average molecular weight is 311 g/mol. The minimum absolute atomic E-state index is 0.0107. The Kier molecular flexibility index (Phi) is 6.50. The molecule has 0 aromatic heterocycles. The number of nitrogens with two attached hydrogens (primary N) is 1. The Morgan fingerprint density at radius 1 is 1.27 bits per heavy atom. The number of hydrogen-bond acceptors (Lipinski definition) is 3. The number of rotatable bonds is 4. The molecule has 0 aromatic rings. The van der Waals surface area contributed by atoms with E-state index in [-0.39, 0.29) is 18.1 Å². The second-order valence-corrected chi connectivity index (χ2v) is 7.24. The zero-order valence-corrected chi connectivity index (χ0v) is 14.4. The lowest BCUT2D eigenvalue weighted by Gasteiger charge is -2.40. The van der Waals surface area contributed by atoms with Gasteiger partial charge in [0.15, 0.2) is 0 Å². The molecule has 128 valence electrons. The average Bonchev–Trinajstić information content (AvgIpc) is 2.53. The summed E-state index contributed by atoms with van der Waals surface area (Å²) in [6.45, 7) is 5.98. The first-order valence-corrected chi connectivity index (χ1v) is 8.88. The fourth-order valence-corrected chi connectivity index (χ4v) is 3.85. The van der Waals surface area contributed by atoms with Gasteiger partial charge in [0, 0.05) is 19.6 Å². The maximum atomic E-state index is 12.0. The molecule has 2 fully saturated rings. The third kappa shape index (κ3) is 4.35. The summed E-state index contributed by atoms with van der Waals surface area (Å²) in [6.07, 6.45) is 7.11. The van der Waals surface area contributed by atoms with Crippen LogP contribution >= 0.6 is 0 Å². The number of carbonyl (C=O) groups excluding carboxylic acids is 1. The Bertz CT molecular complexity index is 354. The first-order valence-electron chi connectivity index (χ1n) is 8.88. The topological polar surface area (TPSA) is 67.6 Å². The highest BCUT2D eigenvalue weighted by Gasteiger charge is 2.33. The zero-order chi connectivity index (χ0) is 16.1. The molecule has 2 amide bonds. The fraction of sp³-hybridized carbons (Fsp3) is 0.941. The Balaban J connectivity index is 1.82. The van der Waals surface area contributed by atoms with Crippen molar-refractivity contribution in [3.8, 4) is 0 Å². The van der Waals surface area contributed by atoms with Crippen LogP contribution in [0, 0.1) is 11.8 Å². The molecular weight excluding hydrogens is 278 g/mol. The highest BCUT2D eigenvalue weighted by atomic mass is 16.5. The van der Waals surface area contributed by atoms with Gasteiger partial charge in [-0.1, -0.05) is 13.8 Å². The van der Waals surface area contributed by atoms with Crippen LogP contribution in [0.25, 0.3) is 0 Å². The highest BCUT2D eigenvalue weighted by Crippen LogP contribution is 2.31. The molecule has 2 aliphatic rings. The van der Waals surface area contributed by atoms with Crippen molar-refractivity contribution in [3.63, 3.8) is 0 Å². The van der Waals surface area contributed by atoms with Crippen molar-refractivity contribution in [2.24, 2.45) is 17.6 Å². The van der Waals surface area contributed by atoms with Crippen molar-refractivity contribution >= 4 is 6.03 Å². The largest absolute Gasteiger partial charge is 0.376 e. The maximum Gasteiger partial charge on any atom is 0.317 e. The summed E-state index contributed by atoms with van der Waals surface area (Å²) in [4.78, 5) is 13.9. The molecule has 5 nitrogen and oxygen atoms in total. The Hall–Kier alpha value is -0.810. The van der Waals surface area contributed by atoms with E-state index in [0.717, 1.165) is 44.1 Å². The summed E-state index contributed by atoms with van der Waals surface area (Å²) >= 11 is 0. The van der Waals surface area contributed by atoms with Crippen LogP contribution in [-0.4, -0.2) is 49.3 Å². The number of nitrogens with one attached hydrogen (secondary N) is 1. The first kappa shape index (κ1) is 17.5. The van der Waals surface area contributed by atoms with Crippen molar-refractivity contribution in [1.29, 1.82) is 0 Å². The number of likely N-dealkylation sites (tertiary alicyclic amines) is 1. The van der Waals surface area contributed by atoms with Crippen LogP contribution in [0.5, 0.6) is 0 Å². The number of amides is 2. The number of nitrogens with zero attached hydrogens (tertiary/aromatic N) is 1. The summed E-state index contributed by atoms with van der Waals surface area (Å²) in [5.41, 5.74) is 6.24. The fourth-order valence-electron chi connectivity index (χ4n) is 3.85. The van der Waals surface area contributed by atoms with Gasteiger partial charge >= 0.3 is 6.03 Å². The molecule has 2 rings (SSSR count). The molecule has 1 aliphatic heterocycles. The Morgan fingerprint density at radius 2 is 1.95 bits per heavy atom. The lowest BCUT2D eigenvalue weighted by molar-refractivity contribution is -0.0226. The van der Waals surface area contributed by atoms with Crippen LogP contribution < -0.4 is 11.1 Å². The van der Waals surface area contributed by atoms with Crippen LogP contribution in [0.4, 0.5) is 4.79 Å². The van der Waals surface area contributed by atoms with Gasteiger partial charge in [-0.15, -0.1) is 0 Å². The van der Waals surface area contributed by atoms with E-state index < -0.39 is 0 Å². The number of piperidine rings is 1. The number of hydrogen-bond donors (Lipinski definition) is 2. The van der Waals surface area contributed by atoms with Crippen molar-refractivity contribution in [2.45, 2.75) is 70.6 Å². The number of carbonyl (C=O) groups is 1. The van der Waals surface area contributed by atoms with Gasteiger partial charge in [-0.3, -0.25) is 0 Å². The molecular formula is C17H33N3O2. The molecule has 0 spiro atoms. The molecule has 0 bridgehead atoms. The quantitative estimate of drug-likeness (QED) is 0.837. The van der Waals surface area contributed by atoms with E-state index in [4.69, 9.17) is 10.5 Å². The van der Waals surface area contributed by atoms with Crippen LogP contribution in [0.2, 0.25) is 0 Å². The molecule has 0 radical (unpaired) electrons. The second-order valence-electron chi connectivity index (χ2n) is 7.24. The van der Waals surface area contributed by atoms with Crippen molar-refractivity contribution in [2.75, 3.05) is 20.2 Å². The Labute approximate surface area is 134 Å². The van der Waals surface area contributed by atoms with E-state index in [2.05, 4.69) is 19.2 Å². The third-order valence-electron chi connectivity index (χ3n) is 5.47. The monoisotopic (exact) mass is 311 g/mol. The smallest absolute Gasteiger partial charge is 0.317 e. The summed E-state index contributed by atoms with van der Waals surface area (Å²) < 4.78 is 6.14. The standard InChI is InChI=1S/C17H33N3O2/c1-12(2)13-6-8-14(9-7-13)22-11-16-15(18)5-4-10-20(16)17(21)19-3/h12-16H,4-11,18H2,1-3H3,(H,19,21). The lowest BCUT2D eigenvalue weighted by Crippen LogP contribution is -2.58. The molecule has 2 unspecified atom stereocenters. The van der Waals surface area contributed by atoms with E-state index in [1.807, 2.05) is 4.90 Å². The van der Waals surface area contributed by atoms with Crippen LogP contribution in [0.1, 0.15) is 52.4 Å². The molecule has 1 saturated carbocycles. The van der Waals surface area contributed by atoms with Crippen LogP contribution in [0.15, 0.2) is 0 Å². The summed E-state index contributed by atoms with van der Waals surface area (Å²) in [7, 11) is 1.67. The lowest BCUT2D eigenvalue weighted by atomic mass is 9.80. The van der Waals surface area contributed by atoms with Gasteiger partial charge in [-0.05, 0) is 50.4 Å². The van der Waals surface area contributed by atoms with Gasteiger partial charge in [0.2, 0.25) is 0 Å². The number of urea groups is 1.